The van der Waals surface area contributed by atoms with Crippen LogP contribution >= 0.6 is 11.8 Å². The molecule has 1 aromatic carbocycles. The summed E-state index contributed by atoms with van der Waals surface area (Å²) >= 11 is 1.23. The molecule has 0 aliphatic carbocycles. The lowest BCUT2D eigenvalue weighted by atomic mass is 10.2. The van der Waals surface area contributed by atoms with Gasteiger partial charge in [-0.2, -0.15) is 4.98 Å². The highest BCUT2D eigenvalue weighted by Crippen LogP contribution is 2.21. The van der Waals surface area contributed by atoms with E-state index in [4.69, 9.17) is 5.11 Å². The molecule has 0 fully saturated rings. The highest BCUT2D eigenvalue weighted by Gasteiger charge is 2.04. The maximum Gasteiger partial charge on any atom is 0.214 e. The molecular weight excluding hydrogens is 246 g/mol. The Balaban J connectivity index is 2.05. The minimum atomic E-state index is -0.875. The Labute approximate surface area is 101 Å². The maximum absolute atomic E-state index is 12.9. The summed E-state index contributed by atoms with van der Waals surface area (Å²) in [5, 5.41) is 9.50. The zero-order valence-corrected chi connectivity index (χ0v) is 9.42. The molecule has 2 aromatic rings. The molecule has 0 aliphatic heterocycles. The predicted molar refractivity (Wildman–Crippen MR) is 59.6 cm³/mol. The van der Waals surface area contributed by atoms with Crippen molar-refractivity contribution in [2.75, 3.05) is 0 Å². The average Bonchev–Trinajstić information content (AvgIpc) is 2.31. The first kappa shape index (κ1) is 11.8. The molecule has 88 valence electrons. The highest BCUT2D eigenvalue weighted by molar-refractivity contribution is 7.98. The number of aromatic hydroxyl groups is 1. The van der Waals surface area contributed by atoms with Crippen LogP contribution < -0.4 is 0 Å². The lowest BCUT2D eigenvalue weighted by Crippen LogP contribution is -1.89. The predicted octanol–water partition coefficient (Wildman–Crippen LogP) is 2.75. The largest absolute Gasteiger partial charge is 0.493 e. The Morgan fingerprint density at radius 2 is 2.00 bits per heavy atom. The van der Waals surface area contributed by atoms with Gasteiger partial charge in [-0.05, 0) is 17.7 Å². The Hall–Kier alpha value is -1.69. The number of thioether (sulfide) groups is 1. The van der Waals surface area contributed by atoms with Crippen LogP contribution in [-0.2, 0) is 5.75 Å². The van der Waals surface area contributed by atoms with Crippen molar-refractivity contribution in [3.8, 4) is 5.88 Å². The number of nitrogens with zero attached hydrogens (tertiary/aromatic N) is 2. The summed E-state index contributed by atoms with van der Waals surface area (Å²) in [7, 11) is 0. The van der Waals surface area contributed by atoms with Gasteiger partial charge in [-0.15, -0.1) is 0 Å². The minimum absolute atomic E-state index is 0.118. The van der Waals surface area contributed by atoms with E-state index in [1.165, 1.54) is 30.1 Å². The SMILES string of the molecule is Oc1ccnc(SCc2ccc(F)c(F)c2)n1. The smallest absolute Gasteiger partial charge is 0.214 e. The van der Waals surface area contributed by atoms with Gasteiger partial charge in [0.2, 0.25) is 5.88 Å². The van der Waals surface area contributed by atoms with Crippen LogP contribution in [0.4, 0.5) is 8.78 Å². The van der Waals surface area contributed by atoms with Gasteiger partial charge in [0.1, 0.15) is 0 Å². The Morgan fingerprint density at radius 1 is 1.18 bits per heavy atom. The third kappa shape index (κ3) is 3.13. The Kier molecular flexibility index (Phi) is 3.53. The molecule has 1 N–H and O–H groups in total. The van der Waals surface area contributed by atoms with Crippen LogP contribution in [0.25, 0.3) is 0 Å². The number of hydrogen-bond acceptors (Lipinski definition) is 4. The van der Waals surface area contributed by atoms with Gasteiger partial charge in [0.05, 0.1) is 0 Å². The summed E-state index contributed by atoms with van der Waals surface area (Å²) in [6.45, 7) is 0. The van der Waals surface area contributed by atoms with Crippen molar-refractivity contribution in [2.24, 2.45) is 0 Å². The molecule has 2 rings (SSSR count). The molecule has 0 atom stereocenters. The topological polar surface area (TPSA) is 46.0 Å². The van der Waals surface area contributed by atoms with Crippen molar-refractivity contribution in [3.63, 3.8) is 0 Å². The van der Waals surface area contributed by atoms with E-state index in [-0.39, 0.29) is 5.88 Å². The van der Waals surface area contributed by atoms with Crippen LogP contribution in [0.5, 0.6) is 5.88 Å². The first-order chi connectivity index (χ1) is 8.15. The van der Waals surface area contributed by atoms with E-state index in [1.807, 2.05) is 0 Å². The molecule has 0 bridgehead atoms. The summed E-state index contributed by atoms with van der Waals surface area (Å²) in [5.41, 5.74) is 0.626. The minimum Gasteiger partial charge on any atom is -0.493 e. The summed E-state index contributed by atoms with van der Waals surface area (Å²) in [5.74, 6) is -1.46. The standard InChI is InChI=1S/C11H8F2N2OS/c12-8-2-1-7(5-9(8)13)6-17-11-14-4-3-10(16)15-11/h1-5H,6H2,(H,14,15,16). The van der Waals surface area contributed by atoms with E-state index in [0.29, 0.717) is 16.5 Å². The van der Waals surface area contributed by atoms with Crippen LogP contribution in [-0.4, -0.2) is 15.1 Å². The van der Waals surface area contributed by atoms with E-state index in [1.54, 1.807) is 0 Å². The second-order valence-corrected chi connectivity index (χ2v) is 4.18. The van der Waals surface area contributed by atoms with E-state index < -0.39 is 11.6 Å². The average molecular weight is 254 g/mol. The van der Waals surface area contributed by atoms with Gasteiger partial charge in [0, 0.05) is 18.0 Å². The van der Waals surface area contributed by atoms with Crippen molar-refractivity contribution in [3.05, 3.63) is 47.7 Å². The fraction of sp³-hybridized carbons (Fsp3) is 0.0909. The molecule has 6 heteroatoms. The first-order valence-electron chi connectivity index (χ1n) is 4.74. The van der Waals surface area contributed by atoms with Crippen molar-refractivity contribution < 1.29 is 13.9 Å². The van der Waals surface area contributed by atoms with Crippen LogP contribution in [0.1, 0.15) is 5.56 Å². The van der Waals surface area contributed by atoms with Crippen molar-refractivity contribution in [1.29, 1.82) is 0 Å². The zero-order valence-electron chi connectivity index (χ0n) is 8.60. The van der Waals surface area contributed by atoms with Crippen LogP contribution in [0.15, 0.2) is 35.6 Å². The van der Waals surface area contributed by atoms with Gasteiger partial charge in [-0.25, -0.2) is 13.8 Å². The van der Waals surface area contributed by atoms with E-state index in [0.717, 1.165) is 12.1 Å². The van der Waals surface area contributed by atoms with Gasteiger partial charge < -0.3 is 5.11 Å². The number of aromatic nitrogens is 2. The van der Waals surface area contributed by atoms with Crippen LogP contribution in [0.2, 0.25) is 0 Å². The lowest BCUT2D eigenvalue weighted by Gasteiger charge is -2.01. The summed E-state index contributed by atoms with van der Waals surface area (Å²) in [6, 6.07) is 5.06. The van der Waals surface area contributed by atoms with E-state index in [2.05, 4.69) is 9.97 Å². The van der Waals surface area contributed by atoms with Gasteiger partial charge >= 0.3 is 0 Å². The molecule has 0 saturated heterocycles. The van der Waals surface area contributed by atoms with Crippen molar-refractivity contribution in [2.45, 2.75) is 10.9 Å². The Morgan fingerprint density at radius 3 is 2.71 bits per heavy atom. The number of rotatable bonds is 3. The molecule has 17 heavy (non-hydrogen) atoms. The fourth-order valence-corrected chi connectivity index (χ4v) is 1.95. The molecular formula is C11H8F2N2OS. The third-order valence-corrected chi connectivity index (χ3v) is 2.90. The van der Waals surface area contributed by atoms with Crippen molar-refractivity contribution in [1.82, 2.24) is 9.97 Å². The fourth-order valence-electron chi connectivity index (χ4n) is 1.18. The molecule has 1 aromatic heterocycles. The normalized spacial score (nSPS) is 10.5. The molecule has 0 amide bonds. The highest BCUT2D eigenvalue weighted by atomic mass is 32.2. The molecule has 3 nitrogen and oxygen atoms in total. The molecule has 0 unspecified atom stereocenters. The summed E-state index contributed by atoms with van der Waals surface area (Å²) < 4.78 is 25.6. The van der Waals surface area contributed by atoms with Gasteiger partial charge in [-0.1, -0.05) is 17.8 Å². The van der Waals surface area contributed by atoms with Gasteiger partial charge in [-0.3, -0.25) is 0 Å². The monoisotopic (exact) mass is 254 g/mol. The van der Waals surface area contributed by atoms with E-state index >= 15 is 0 Å². The zero-order chi connectivity index (χ0) is 12.3. The van der Waals surface area contributed by atoms with Crippen LogP contribution in [0, 0.1) is 11.6 Å². The third-order valence-electron chi connectivity index (χ3n) is 1.97. The number of halogens is 2. The van der Waals surface area contributed by atoms with Crippen LogP contribution in [0.3, 0.4) is 0 Å². The molecule has 0 radical (unpaired) electrons. The van der Waals surface area contributed by atoms with Gasteiger partial charge in [0.25, 0.3) is 0 Å². The molecule has 0 saturated carbocycles. The molecule has 0 spiro atoms. The second kappa shape index (κ2) is 5.09. The Bertz CT molecular complexity index is 537. The van der Waals surface area contributed by atoms with Crippen molar-refractivity contribution >= 4 is 11.8 Å². The lowest BCUT2D eigenvalue weighted by molar-refractivity contribution is 0.445. The number of hydrogen-bond donors (Lipinski definition) is 1. The number of benzene rings is 1. The quantitative estimate of drug-likeness (QED) is 0.675. The first-order valence-corrected chi connectivity index (χ1v) is 5.72. The van der Waals surface area contributed by atoms with E-state index in [9.17, 15) is 8.78 Å². The molecule has 0 aliphatic rings. The second-order valence-electron chi connectivity index (χ2n) is 3.23. The maximum atomic E-state index is 12.9. The van der Waals surface area contributed by atoms with Gasteiger partial charge in [0.15, 0.2) is 16.8 Å². The summed E-state index contributed by atoms with van der Waals surface area (Å²) in [4.78, 5) is 7.69. The molecule has 1 heterocycles. The summed E-state index contributed by atoms with van der Waals surface area (Å²) in [6.07, 6.45) is 1.43.